The summed E-state index contributed by atoms with van der Waals surface area (Å²) < 4.78 is 96.2. The van der Waals surface area contributed by atoms with Gasteiger partial charge in [-0.05, 0) is 44.3 Å². The molecule has 67 heavy (non-hydrogen) atoms. The summed E-state index contributed by atoms with van der Waals surface area (Å²) in [5.74, 6) is -12.2. The number of amides is 4. The Hall–Kier alpha value is -5.68. The number of halogens is 6. The fraction of sp³-hybridized carbons (Fsp3) is 0.409. The molecule has 2 unspecified atom stereocenters. The van der Waals surface area contributed by atoms with Gasteiger partial charge in [-0.2, -0.15) is 0 Å². The van der Waals surface area contributed by atoms with Gasteiger partial charge in [-0.1, -0.05) is 0 Å². The van der Waals surface area contributed by atoms with E-state index in [1.165, 1.54) is 9.13 Å². The molecule has 4 saturated carbocycles. The Bertz CT molecular complexity index is 2780. The Morgan fingerprint density at radius 1 is 0.672 bits per heavy atom. The summed E-state index contributed by atoms with van der Waals surface area (Å²) in [4.78, 5) is 79.9. The molecule has 8 aliphatic rings. The minimum Gasteiger partial charge on any atom is -0.868 e. The van der Waals surface area contributed by atoms with Gasteiger partial charge < -0.3 is 49.3 Å². The molecule has 2 aromatic heterocycles. The van der Waals surface area contributed by atoms with Gasteiger partial charge in [0.05, 0.1) is 25.3 Å². The van der Waals surface area contributed by atoms with Gasteiger partial charge in [0.1, 0.15) is 51.7 Å². The molecule has 6 heterocycles. The zero-order valence-corrected chi connectivity index (χ0v) is 37.2. The number of ether oxygens (including phenoxy) is 2. The first-order valence-corrected chi connectivity index (χ1v) is 21.1. The van der Waals surface area contributed by atoms with Crippen molar-refractivity contribution >= 4 is 23.6 Å². The summed E-state index contributed by atoms with van der Waals surface area (Å²) in [6.45, 7) is -1.11. The molecule has 4 aliphatic carbocycles. The first-order chi connectivity index (χ1) is 31.4. The van der Waals surface area contributed by atoms with Crippen LogP contribution in [0.25, 0.3) is 0 Å². The van der Waals surface area contributed by atoms with E-state index in [0.717, 1.165) is 50.9 Å². The normalized spacial score (nSPS) is 28.3. The van der Waals surface area contributed by atoms with E-state index in [4.69, 9.17) is 9.47 Å². The molecule has 3 N–H and O–H groups in total. The van der Waals surface area contributed by atoms with Crippen molar-refractivity contribution in [1.82, 2.24) is 29.6 Å². The fourth-order valence-corrected chi connectivity index (χ4v) is 10.9. The maximum absolute atomic E-state index is 13.8. The van der Waals surface area contributed by atoms with Gasteiger partial charge >= 0.3 is 29.6 Å². The number of pyridine rings is 2. The number of hydrogen-bond acceptors (Lipinski definition) is 10. The standard InChI is InChI=1S/2C22H18F3N3O5.Na/c2*23-9-3-12(24)10(13(25)4-9)6-26-20(31)11-7-27-8-16-28(21(32)17(27)19(30)18(11)29)14-5-22(14)2-1-15(22)33-16;/h2*3-4,7,14-16,30H,1-2,5-6,8H2,(H,26,31);/q;;+1/p-1/t2*14-,15-,16-,22?;/m11./s1. The van der Waals surface area contributed by atoms with Gasteiger partial charge in [-0.3, -0.25) is 28.8 Å². The second-order valence-electron chi connectivity index (χ2n) is 18.1. The second kappa shape index (κ2) is 15.7. The molecule has 2 saturated heterocycles. The molecule has 0 radical (unpaired) electrons. The number of aromatic nitrogens is 2. The van der Waals surface area contributed by atoms with Crippen molar-refractivity contribution in [3.05, 3.63) is 126 Å². The fourth-order valence-electron chi connectivity index (χ4n) is 10.9. The van der Waals surface area contributed by atoms with Crippen LogP contribution in [0.15, 0.2) is 46.2 Å². The number of carbonyl (C=O) groups is 4. The zero-order valence-electron chi connectivity index (χ0n) is 35.2. The summed E-state index contributed by atoms with van der Waals surface area (Å²) in [6.07, 6.45) is 6.62. The monoisotopic (exact) mass is 944 g/mol. The van der Waals surface area contributed by atoms with Crippen LogP contribution in [0.5, 0.6) is 11.5 Å². The maximum Gasteiger partial charge on any atom is 1.00 e. The third-order valence-corrected chi connectivity index (χ3v) is 14.7. The molecule has 0 bridgehead atoms. The number of fused-ring (bicyclic) bond motifs is 6. The van der Waals surface area contributed by atoms with Crippen molar-refractivity contribution in [2.24, 2.45) is 10.8 Å². The van der Waals surface area contributed by atoms with Crippen LogP contribution >= 0.6 is 0 Å². The third kappa shape index (κ3) is 6.75. The van der Waals surface area contributed by atoms with E-state index in [-0.39, 0.29) is 89.2 Å². The molecule has 4 aliphatic heterocycles. The van der Waals surface area contributed by atoms with E-state index in [9.17, 15) is 65.3 Å². The first-order valence-electron chi connectivity index (χ1n) is 21.1. The van der Waals surface area contributed by atoms with E-state index in [1.807, 2.05) is 0 Å². The van der Waals surface area contributed by atoms with E-state index >= 15 is 0 Å². The number of benzene rings is 2. The van der Waals surface area contributed by atoms with Gasteiger partial charge in [0.25, 0.3) is 23.6 Å². The molecule has 344 valence electrons. The molecule has 2 aromatic carbocycles. The molecule has 12 rings (SSSR count). The molecule has 23 heteroatoms. The number of nitrogens with zero attached hydrogens (tertiary/aromatic N) is 4. The van der Waals surface area contributed by atoms with Crippen molar-refractivity contribution in [2.75, 3.05) is 0 Å². The molecule has 4 amide bonds. The SMILES string of the molecule is O=C(NCc1c(F)cc(F)cc1F)c1cn2c(c(O)c1=O)C(=O)N1[C@@H](C2)O[C@@H]2CCC23C[C@@H]13.O=C(NCc1c(F)cc(F)cc1F)c1cn2c(c([O-])c1=O)C(=O)N1[C@@H](C2)O[C@@H]2CCC23C[C@@H]13.[Na+]. The quantitative estimate of drug-likeness (QED) is 0.169. The molecule has 4 aromatic rings. The molecular weight excluding hydrogens is 909 g/mol. The van der Waals surface area contributed by atoms with E-state index in [2.05, 4.69) is 10.6 Å². The van der Waals surface area contributed by atoms with E-state index in [0.29, 0.717) is 24.3 Å². The van der Waals surface area contributed by atoms with E-state index in [1.54, 1.807) is 9.80 Å². The summed E-state index contributed by atoms with van der Waals surface area (Å²) in [7, 11) is 0. The van der Waals surface area contributed by atoms with Crippen LogP contribution < -0.4 is 56.2 Å². The third-order valence-electron chi connectivity index (χ3n) is 14.7. The van der Waals surface area contributed by atoms with Gasteiger partial charge in [0.2, 0.25) is 5.43 Å². The minimum atomic E-state index is -1.20. The first kappa shape index (κ1) is 45.1. The van der Waals surface area contributed by atoms with Crippen molar-refractivity contribution in [2.45, 2.75) is 101 Å². The zero-order chi connectivity index (χ0) is 46.5. The van der Waals surface area contributed by atoms with Crippen LogP contribution in [0.4, 0.5) is 26.3 Å². The van der Waals surface area contributed by atoms with Crippen LogP contribution in [0.3, 0.4) is 0 Å². The molecular formula is C44H35F6N6NaO10. The number of rotatable bonds is 6. The molecule has 2 spiro atoms. The van der Waals surface area contributed by atoms with Crippen molar-refractivity contribution in [3.8, 4) is 11.5 Å². The Morgan fingerprint density at radius 2 is 1.07 bits per heavy atom. The van der Waals surface area contributed by atoms with Crippen molar-refractivity contribution in [1.29, 1.82) is 0 Å². The number of nitrogens with one attached hydrogen (secondary N) is 2. The summed E-state index contributed by atoms with van der Waals surface area (Å²) in [5, 5.41) is 27.6. The summed E-state index contributed by atoms with van der Waals surface area (Å²) in [5.41, 5.74) is -5.07. The molecule has 16 nitrogen and oxygen atoms in total. The van der Waals surface area contributed by atoms with Crippen molar-refractivity contribution in [3.63, 3.8) is 0 Å². The van der Waals surface area contributed by atoms with Gasteiger partial charge in [0, 0.05) is 83.8 Å². The Balaban J connectivity index is 0.000000154. The van der Waals surface area contributed by atoms with Crippen molar-refractivity contribution < 1.29 is 94.8 Å². The number of aromatic hydroxyl groups is 1. The Morgan fingerprint density at radius 3 is 1.49 bits per heavy atom. The average Bonchev–Trinajstić information content (AvgIpc) is 4.18. The largest absolute Gasteiger partial charge is 1.00 e. The van der Waals surface area contributed by atoms with Crippen LogP contribution in [0, 0.1) is 45.7 Å². The second-order valence-corrected chi connectivity index (χ2v) is 18.1. The van der Waals surface area contributed by atoms with Gasteiger partial charge in [0.15, 0.2) is 29.3 Å². The predicted molar refractivity (Wildman–Crippen MR) is 207 cm³/mol. The van der Waals surface area contributed by atoms with Crippen LogP contribution in [0.2, 0.25) is 0 Å². The Kier molecular flexibility index (Phi) is 10.6. The van der Waals surface area contributed by atoms with Crippen LogP contribution in [0.1, 0.15) is 91.3 Å². The summed E-state index contributed by atoms with van der Waals surface area (Å²) in [6, 6.07) is 1.90. The summed E-state index contributed by atoms with van der Waals surface area (Å²) >= 11 is 0. The van der Waals surface area contributed by atoms with Gasteiger partial charge in [-0.25, -0.2) is 26.3 Å². The number of carbonyl (C=O) groups excluding carboxylic acids is 4. The number of hydrogen-bond donors (Lipinski definition) is 3. The minimum absolute atomic E-state index is 0. The molecule has 8 atom stereocenters. The molecule has 6 fully saturated rings. The van der Waals surface area contributed by atoms with Crippen LogP contribution in [-0.2, 0) is 35.7 Å². The van der Waals surface area contributed by atoms with Crippen LogP contribution in [-0.4, -0.2) is 84.4 Å². The van der Waals surface area contributed by atoms with E-state index < -0.39 is 129 Å². The topological polar surface area (TPSA) is 205 Å². The predicted octanol–water partition coefficient (Wildman–Crippen LogP) is -0.359. The van der Waals surface area contributed by atoms with Gasteiger partial charge in [-0.15, -0.1) is 0 Å². The smallest absolute Gasteiger partial charge is 0.868 e. The average molecular weight is 945 g/mol. The maximum atomic E-state index is 13.8. The Labute approximate surface area is 395 Å².